The van der Waals surface area contributed by atoms with Crippen LogP contribution in [0.4, 0.5) is 0 Å². The fourth-order valence-electron chi connectivity index (χ4n) is 7.61. The molecule has 1 heterocycles. The molecule has 0 amide bonds. The van der Waals surface area contributed by atoms with E-state index in [0.29, 0.717) is 11.4 Å². The van der Waals surface area contributed by atoms with Gasteiger partial charge in [0.15, 0.2) is 5.82 Å². The van der Waals surface area contributed by atoms with Crippen LogP contribution in [0.2, 0.25) is 0 Å². The van der Waals surface area contributed by atoms with Crippen molar-refractivity contribution in [3.63, 3.8) is 0 Å². The summed E-state index contributed by atoms with van der Waals surface area (Å²) >= 11 is 0. The molecule has 1 aliphatic rings. The van der Waals surface area contributed by atoms with Gasteiger partial charge in [-0.05, 0) is 85.6 Å². The number of benzene rings is 7. The molecule has 0 fully saturated rings. The second kappa shape index (κ2) is 12.1. The molecule has 0 aliphatic heterocycles. The zero-order valence-corrected chi connectivity index (χ0v) is 28.4. The predicted molar refractivity (Wildman–Crippen MR) is 209 cm³/mol. The first-order valence-corrected chi connectivity index (χ1v) is 17.3. The van der Waals surface area contributed by atoms with Crippen molar-refractivity contribution in [1.29, 1.82) is 5.26 Å². The molecule has 3 heteroatoms. The summed E-state index contributed by atoms with van der Waals surface area (Å²) in [5.74, 6) is 0.693. The molecule has 0 radical (unpaired) electrons. The van der Waals surface area contributed by atoms with Crippen molar-refractivity contribution < 1.29 is 0 Å². The molecular formula is C48H33N3. The second-order valence-corrected chi connectivity index (χ2v) is 13.8. The minimum Gasteiger partial charge on any atom is -0.228 e. The fourth-order valence-corrected chi connectivity index (χ4v) is 7.61. The molecule has 0 saturated heterocycles. The number of rotatable bonds is 5. The third-order valence-electron chi connectivity index (χ3n) is 10.3. The van der Waals surface area contributed by atoms with Crippen molar-refractivity contribution in [2.45, 2.75) is 19.3 Å². The Labute approximate surface area is 298 Å². The van der Waals surface area contributed by atoms with Crippen LogP contribution in [0.5, 0.6) is 0 Å². The first-order chi connectivity index (χ1) is 25.0. The molecular weight excluding hydrogens is 619 g/mol. The van der Waals surface area contributed by atoms with Gasteiger partial charge < -0.3 is 0 Å². The monoisotopic (exact) mass is 651 g/mol. The van der Waals surface area contributed by atoms with Crippen molar-refractivity contribution >= 4 is 10.8 Å². The highest BCUT2D eigenvalue weighted by atomic mass is 14.9. The van der Waals surface area contributed by atoms with E-state index in [1.54, 1.807) is 0 Å². The lowest BCUT2D eigenvalue weighted by molar-refractivity contribution is 0.660. The van der Waals surface area contributed by atoms with E-state index >= 15 is 0 Å². The van der Waals surface area contributed by atoms with Gasteiger partial charge in [-0.3, -0.25) is 0 Å². The first-order valence-electron chi connectivity index (χ1n) is 17.3. The second-order valence-electron chi connectivity index (χ2n) is 13.8. The topological polar surface area (TPSA) is 49.6 Å². The van der Waals surface area contributed by atoms with Crippen LogP contribution in [-0.4, -0.2) is 9.97 Å². The number of hydrogen-bond donors (Lipinski definition) is 0. The molecule has 1 aliphatic carbocycles. The largest absolute Gasteiger partial charge is 0.228 e. The predicted octanol–water partition coefficient (Wildman–Crippen LogP) is 12.1. The van der Waals surface area contributed by atoms with E-state index in [1.807, 2.05) is 24.3 Å². The summed E-state index contributed by atoms with van der Waals surface area (Å²) in [7, 11) is 0. The highest BCUT2D eigenvalue weighted by Crippen LogP contribution is 2.52. The lowest BCUT2D eigenvalue weighted by Gasteiger charge is -2.21. The Morgan fingerprint density at radius 3 is 1.92 bits per heavy atom. The van der Waals surface area contributed by atoms with Gasteiger partial charge in [-0.1, -0.05) is 147 Å². The summed E-state index contributed by atoms with van der Waals surface area (Å²) in [6.45, 7) is 4.51. The third-order valence-corrected chi connectivity index (χ3v) is 10.3. The van der Waals surface area contributed by atoms with Gasteiger partial charge in [-0.2, -0.15) is 5.26 Å². The van der Waals surface area contributed by atoms with Crippen molar-refractivity contribution in [3.05, 3.63) is 180 Å². The van der Waals surface area contributed by atoms with Gasteiger partial charge in [0.2, 0.25) is 0 Å². The summed E-state index contributed by atoms with van der Waals surface area (Å²) in [5, 5.41) is 12.0. The van der Waals surface area contributed by atoms with E-state index in [-0.39, 0.29) is 5.41 Å². The summed E-state index contributed by atoms with van der Waals surface area (Å²) in [6.07, 6.45) is 0. The van der Waals surface area contributed by atoms with E-state index in [2.05, 4.69) is 159 Å². The third kappa shape index (κ3) is 5.30. The van der Waals surface area contributed by atoms with E-state index in [4.69, 9.17) is 9.97 Å². The zero-order valence-electron chi connectivity index (χ0n) is 28.4. The molecule has 0 unspecified atom stereocenters. The molecule has 9 rings (SSSR count). The van der Waals surface area contributed by atoms with Crippen LogP contribution in [0, 0.1) is 11.3 Å². The Balaban J connectivity index is 1.10. The average Bonchev–Trinajstić information content (AvgIpc) is 3.43. The number of fused-ring (bicyclic) bond motifs is 4. The maximum Gasteiger partial charge on any atom is 0.160 e. The summed E-state index contributed by atoms with van der Waals surface area (Å²) < 4.78 is 0. The SMILES string of the molecule is CC1(C)c2cc(C#N)ccc2-c2c(-c3ccc(-c4cccc(-c5nc(-c6ccccc6)cc(-c6ccc7ccccc7c6)n5)c4)cc3)cccc21. The molecule has 1 aromatic heterocycles. The zero-order chi connectivity index (χ0) is 34.5. The lowest BCUT2D eigenvalue weighted by atomic mass is 9.81. The standard InChI is InChI=1S/C48H33N3/c1-48(2)42-17-9-16-40(46(42)41-25-18-31(30-49)26-43(41)48)34-22-19-33(20-23-34)37-14-8-15-39(28-37)47-50-44(35-11-4-3-5-12-35)29-45(51-47)38-24-21-32-10-6-7-13-36(32)27-38/h3-29H,1-2H3. The van der Waals surface area contributed by atoms with Crippen molar-refractivity contribution in [2.75, 3.05) is 0 Å². The quantitative estimate of drug-likeness (QED) is 0.186. The highest BCUT2D eigenvalue weighted by Gasteiger charge is 2.37. The Morgan fingerprint density at radius 1 is 0.451 bits per heavy atom. The molecule has 0 saturated carbocycles. The van der Waals surface area contributed by atoms with Crippen LogP contribution in [0.3, 0.4) is 0 Å². The number of hydrogen-bond acceptors (Lipinski definition) is 3. The number of nitriles is 1. The van der Waals surface area contributed by atoms with E-state index < -0.39 is 0 Å². The van der Waals surface area contributed by atoms with Crippen LogP contribution in [0.15, 0.2) is 164 Å². The maximum absolute atomic E-state index is 9.58. The van der Waals surface area contributed by atoms with E-state index in [0.717, 1.165) is 39.2 Å². The van der Waals surface area contributed by atoms with Gasteiger partial charge >= 0.3 is 0 Å². The molecule has 0 spiro atoms. The van der Waals surface area contributed by atoms with Crippen LogP contribution in [0.25, 0.3) is 78.1 Å². The van der Waals surface area contributed by atoms with E-state index in [9.17, 15) is 5.26 Å². The average molecular weight is 652 g/mol. The van der Waals surface area contributed by atoms with Crippen LogP contribution < -0.4 is 0 Å². The minimum atomic E-state index is -0.179. The first kappa shape index (κ1) is 30.4. The molecule has 240 valence electrons. The van der Waals surface area contributed by atoms with Gasteiger partial charge in [-0.25, -0.2) is 9.97 Å². The molecule has 0 atom stereocenters. The van der Waals surface area contributed by atoms with Crippen LogP contribution in [-0.2, 0) is 5.41 Å². The molecule has 7 aromatic carbocycles. The van der Waals surface area contributed by atoms with Gasteiger partial charge in [0.05, 0.1) is 23.0 Å². The van der Waals surface area contributed by atoms with Crippen molar-refractivity contribution in [2.24, 2.45) is 0 Å². The van der Waals surface area contributed by atoms with Gasteiger partial charge in [0.1, 0.15) is 0 Å². The van der Waals surface area contributed by atoms with Gasteiger partial charge in [0, 0.05) is 22.1 Å². The van der Waals surface area contributed by atoms with Crippen LogP contribution in [0.1, 0.15) is 30.5 Å². The fraction of sp³-hybridized carbons (Fsp3) is 0.0625. The normalized spacial score (nSPS) is 12.6. The number of aromatic nitrogens is 2. The molecule has 0 N–H and O–H groups in total. The Hall–Kier alpha value is -6.63. The maximum atomic E-state index is 9.58. The highest BCUT2D eigenvalue weighted by molar-refractivity contribution is 5.93. The smallest absolute Gasteiger partial charge is 0.160 e. The number of nitrogens with zero attached hydrogens (tertiary/aromatic N) is 3. The molecule has 3 nitrogen and oxygen atoms in total. The Morgan fingerprint density at radius 2 is 1.12 bits per heavy atom. The van der Waals surface area contributed by atoms with Gasteiger partial charge in [0.25, 0.3) is 0 Å². The lowest BCUT2D eigenvalue weighted by Crippen LogP contribution is -2.15. The summed E-state index contributed by atoms with van der Waals surface area (Å²) in [5.41, 5.74) is 15.0. The summed E-state index contributed by atoms with van der Waals surface area (Å²) in [4.78, 5) is 10.2. The van der Waals surface area contributed by atoms with Crippen molar-refractivity contribution in [3.8, 4) is 73.4 Å². The molecule has 8 aromatic rings. The summed E-state index contributed by atoms with van der Waals surface area (Å²) in [6, 6.07) is 59.7. The van der Waals surface area contributed by atoms with E-state index in [1.165, 1.54) is 44.2 Å². The van der Waals surface area contributed by atoms with Crippen molar-refractivity contribution in [1.82, 2.24) is 9.97 Å². The minimum absolute atomic E-state index is 0.179. The Bertz CT molecular complexity index is 2660. The van der Waals surface area contributed by atoms with Gasteiger partial charge in [-0.15, -0.1) is 0 Å². The molecule has 0 bridgehead atoms. The van der Waals surface area contributed by atoms with Crippen LogP contribution >= 0.6 is 0 Å². The Kier molecular flexibility index (Phi) is 7.19. The molecule has 51 heavy (non-hydrogen) atoms.